The number of rotatable bonds is 5. The van der Waals surface area contributed by atoms with Crippen molar-refractivity contribution in [3.8, 4) is 0 Å². The van der Waals surface area contributed by atoms with Gasteiger partial charge >= 0.3 is 0 Å². The maximum absolute atomic E-state index is 9.39. The van der Waals surface area contributed by atoms with Crippen LogP contribution in [0.15, 0.2) is 0 Å². The molecule has 0 saturated heterocycles. The average Bonchev–Trinajstić information content (AvgIpc) is 2.85. The molecule has 82 valence electrons. The third kappa shape index (κ3) is 3.25. The highest BCUT2D eigenvalue weighted by Crippen LogP contribution is 2.33. The van der Waals surface area contributed by atoms with Gasteiger partial charge < -0.3 is 10.4 Å². The van der Waals surface area contributed by atoms with E-state index in [2.05, 4.69) is 12.2 Å². The molecule has 3 unspecified atom stereocenters. The van der Waals surface area contributed by atoms with Crippen LogP contribution in [0.1, 0.15) is 45.4 Å². The van der Waals surface area contributed by atoms with Gasteiger partial charge in [-0.1, -0.05) is 12.8 Å². The first-order chi connectivity index (χ1) is 6.74. The van der Waals surface area contributed by atoms with Crippen LogP contribution in [0.2, 0.25) is 0 Å². The molecule has 3 atom stereocenters. The Balaban J connectivity index is 1.56. The quantitative estimate of drug-likeness (QED) is 0.706. The summed E-state index contributed by atoms with van der Waals surface area (Å²) in [7, 11) is 0. The number of aliphatic hydroxyl groups is 1. The predicted octanol–water partition coefficient (Wildman–Crippen LogP) is 1.93. The number of nitrogens with one attached hydrogen (secondary N) is 1. The second kappa shape index (κ2) is 4.63. The molecule has 0 aromatic heterocycles. The molecule has 0 amide bonds. The maximum Gasteiger partial charge on any atom is 0.0543 e. The van der Waals surface area contributed by atoms with Crippen LogP contribution in [0.3, 0.4) is 0 Å². The molecule has 14 heavy (non-hydrogen) atoms. The lowest BCUT2D eigenvalue weighted by molar-refractivity contribution is 0.177. The Morgan fingerprint density at radius 3 is 2.50 bits per heavy atom. The highest BCUT2D eigenvalue weighted by Gasteiger charge is 2.25. The summed E-state index contributed by atoms with van der Waals surface area (Å²) in [5.74, 6) is 1.75. The molecule has 2 saturated carbocycles. The largest absolute Gasteiger partial charge is 0.393 e. The smallest absolute Gasteiger partial charge is 0.0543 e. The van der Waals surface area contributed by atoms with Crippen LogP contribution in [0, 0.1) is 11.8 Å². The van der Waals surface area contributed by atoms with E-state index in [9.17, 15) is 5.11 Å². The molecule has 0 aromatic rings. The molecule has 0 radical (unpaired) electrons. The van der Waals surface area contributed by atoms with Crippen molar-refractivity contribution < 1.29 is 5.11 Å². The van der Waals surface area contributed by atoms with Crippen molar-refractivity contribution >= 4 is 0 Å². The minimum Gasteiger partial charge on any atom is -0.393 e. The molecular formula is C12H23NO. The van der Waals surface area contributed by atoms with E-state index in [4.69, 9.17) is 0 Å². The van der Waals surface area contributed by atoms with Crippen molar-refractivity contribution in [1.29, 1.82) is 0 Å². The summed E-state index contributed by atoms with van der Waals surface area (Å²) < 4.78 is 0. The third-order valence-electron chi connectivity index (χ3n) is 3.65. The van der Waals surface area contributed by atoms with Crippen LogP contribution in [-0.4, -0.2) is 23.8 Å². The second-order valence-electron chi connectivity index (χ2n) is 5.32. The van der Waals surface area contributed by atoms with E-state index in [1.165, 1.54) is 25.7 Å². The summed E-state index contributed by atoms with van der Waals surface area (Å²) in [5, 5.41) is 13.0. The summed E-state index contributed by atoms with van der Waals surface area (Å²) in [6.45, 7) is 3.41. The molecule has 2 rings (SSSR count). The first-order valence-electron chi connectivity index (χ1n) is 6.15. The van der Waals surface area contributed by atoms with Gasteiger partial charge in [0.05, 0.1) is 6.10 Å². The van der Waals surface area contributed by atoms with Gasteiger partial charge in [0.2, 0.25) is 0 Å². The van der Waals surface area contributed by atoms with Gasteiger partial charge in [0.1, 0.15) is 0 Å². The van der Waals surface area contributed by atoms with Gasteiger partial charge in [-0.3, -0.25) is 0 Å². The lowest BCUT2D eigenvalue weighted by Crippen LogP contribution is -2.31. The molecule has 0 heterocycles. The summed E-state index contributed by atoms with van der Waals surface area (Å²) >= 11 is 0. The normalized spacial score (nSPS) is 34.7. The lowest BCUT2D eigenvalue weighted by atomic mass is 10.1. The fourth-order valence-corrected chi connectivity index (χ4v) is 2.54. The zero-order chi connectivity index (χ0) is 9.97. The van der Waals surface area contributed by atoms with E-state index in [1.54, 1.807) is 0 Å². The van der Waals surface area contributed by atoms with Gasteiger partial charge in [-0.05, 0) is 51.0 Å². The maximum atomic E-state index is 9.39. The van der Waals surface area contributed by atoms with E-state index in [0.29, 0.717) is 6.04 Å². The van der Waals surface area contributed by atoms with Gasteiger partial charge in [-0.25, -0.2) is 0 Å². The number of aliphatic hydroxyl groups excluding tert-OH is 1. The van der Waals surface area contributed by atoms with Gasteiger partial charge in [0, 0.05) is 6.04 Å². The number of hydrogen-bond donors (Lipinski definition) is 2. The highest BCUT2D eigenvalue weighted by atomic mass is 16.3. The highest BCUT2D eigenvalue weighted by molar-refractivity contribution is 4.80. The van der Waals surface area contributed by atoms with Crippen molar-refractivity contribution in [2.75, 3.05) is 6.54 Å². The molecule has 2 aliphatic rings. The first kappa shape index (κ1) is 10.4. The summed E-state index contributed by atoms with van der Waals surface area (Å²) in [6.07, 6.45) is 7.49. The SMILES string of the molecule is CC(CC1CC1)NCC1CCC(O)C1. The molecule has 2 N–H and O–H groups in total. The monoisotopic (exact) mass is 197 g/mol. The summed E-state index contributed by atoms with van der Waals surface area (Å²) in [5.41, 5.74) is 0. The van der Waals surface area contributed by atoms with Crippen LogP contribution in [0.25, 0.3) is 0 Å². The van der Waals surface area contributed by atoms with Crippen molar-refractivity contribution in [3.05, 3.63) is 0 Å². The van der Waals surface area contributed by atoms with Crippen LogP contribution in [-0.2, 0) is 0 Å². The minimum absolute atomic E-state index is 0.0134. The molecule has 0 bridgehead atoms. The summed E-state index contributed by atoms with van der Waals surface area (Å²) in [4.78, 5) is 0. The molecule has 2 nitrogen and oxygen atoms in total. The zero-order valence-electron chi connectivity index (χ0n) is 9.21. The van der Waals surface area contributed by atoms with E-state index in [-0.39, 0.29) is 6.10 Å². The average molecular weight is 197 g/mol. The topological polar surface area (TPSA) is 32.3 Å². The Morgan fingerprint density at radius 2 is 1.93 bits per heavy atom. The molecule has 0 spiro atoms. The Morgan fingerprint density at radius 1 is 1.21 bits per heavy atom. The fourth-order valence-electron chi connectivity index (χ4n) is 2.54. The Kier molecular flexibility index (Phi) is 3.45. The van der Waals surface area contributed by atoms with Crippen molar-refractivity contribution in [2.24, 2.45) is 11.8 Å². The molecule has 2 fully saturated rings. The van der Waals surface area contributed by atoms with Gasteiger partial charge in [0.25, 0.3) is 0 Å². The van der Waals surface area contributed by atoms with E-state index < -0.39 is 0 Å². The molecule has 2 aliphatic carbocycles. The third-order valence-corrected chi connectivity index (χ3v) is 3.65. The molecule has 2 heteroatoms. The number of hydrogen-bond acceptors (Lipinski definition) is 2. The predicted molar refractivity (Wildman–Crippen MR) is 58.2 cm³/mol. The van der Waals surface area contributed by atoms with Crippen molar-refractivity contribution in [2.45, 2.75) is 57.6 Å². The fraction of sp³-hybridized carbons (Fsp3) is 1.00. The molecular weight excluding hydrogens is 174 g/mol. The Hall–Kier alpha value is -0.0800. The first-order valence-corrected chi connectivity index (χ1v) is 6.15. The standard InChI is InChI=1S/C12H23NO/c1-9(6-10-2-3-10)13-8-11-4-5-12(14)7-11/h9-14H,2-8H2,1H3. The second-order valence-corrected chi connectivity index (χ2v) is 5.32. The van der Waals surface area contributed by atoms with Crippen LogP contribution < -0.4 is 5.32 Å². The van der Waals surface area contributed by atoms with Crippen molar-refractivity contribution in [1.82, 2.24) is 5.32 Å². The molecule has 0 aromatic carbocycles. The summed E-state index contributed by atoms with van der Waals surface area (Å²) in [6, 6.07) is 0.681. The van der Waals surface area contributed by atoms with E-state index in [0.717, 1.165) is 31.2 Å². The minimum atomic E-state index is -0.0134. The van der Waals surface area contributed by atoms with E-state index in [1.807, 2.05) is 0 Å². The van der Waals surface area contributed by atoms with Gasteiger partial charge in [-0.2, -0.15) is 0 Å². The Bertz CT molecular complexity index is 179. The van der Waals surface area contributed by atoms with E-state index >= 15 is 0 Å². The molecule has 0 aliphatic heterocycles. The van der Waals surface area contributed by atoms with Crippen molar-refractivity contribution in [3.63, 3.8) is 0 Å². The van der Waals surface area contributed by atoms with Gasteiger partial charge in [-0.15, -0.1) is 0 Å². The van der Waals surface area contributed by atoms with Crippen LogP contribution in [0.5, 0.6) is 0 Å². The van der Waals surface area contributed by atoms with Gasteiger partial charge in [0.15, 0.2) is 0 Å². The lowest BCUT2D eigenvalue weighted by Gasteiger charge is -2.16. The van der Waals surface area contributed by atoms with Crippen LogP contribution in [0.4, 0.5) is 0 Å². The van der Waals surface area contributed by atoms with Crippen LogP contribution >= 0.6 is 0 Å². The zero-order valence-corrected chi connectivity index (χ0v) is 9.21. The Labute approximate surface area is 87.1 Å².